The summed E-state index contributed by atoms with van der Waals surface area (Å²) in [6.07, 6.45) is 1.45. The van der Waals surface area contributed by atoms with E-state index in [-0.39, 0.29) is 24.6 Å². The van der Waals surface area contributed by atoms with E-state index in [1.54, 1.807) is 12.1 Å². The summed E-state index contributed by atoms with van der Waals surface area (Å²) in [6.45, 7) is 4.55. The molecule has 1 aliphatic carbocycles. The molecule has 316 valence electrons. The summed E-state index contributed by atoms with van der Waals surface area (Å²) < 4.78 is 26.2. The van der Waals surface area contributed by atoms with Gasteiger partial charge in [0, 0.05) is 32.8 Å². The second-order valence-electron chi connectivity index (χ2n) is 14.0. The van der Waals surface area contributed by atoms with Crippen LogP contribution in [-0.4, -0.2) is 36.6 Å². The van der Waals surface area contributed by atoms with E-state index in [1.807, 2.05) is 111 Å². The van der Waals surface area contributed by atoms with Crippen LogP contribution in [0, 0.1) is 45.3 Å². The van der Waals surface area contributed by atoms with E-state index in [4.69, 9.17) is 18.9 Å². The third-order valence-electron chi connectivity index (χ3n) is 9.73. The number of nitrogens with zero attached hydrogens (tertiary/aromatic N) is 6. The molecule has 5 aromatic heterocycles. The monoisotopic (exact) mass is 936 g/mol. The molecule has 0 fully saturated rings. The predicted octanol–water partition coefficient (Wildman–Crippen LogP) is 12.1. The lowest BCUT2D eigenvalue weighted by atomic mass is 9.79. The van der Waals surface area contributed by atoms with Gasteiger partial charge in [0.2, 0.25) is 16.8 Å². The van der Waals surface area contributed by atoms with Crippen molar-refractivity contribution in [2.24, 2.45) is 9.98 Å². The van der Waals surface area contributed by atoms with E-state index in [0.29, 0.717) is 76.5 Å². The second-order valence-corrected chi connectivity index (χ2v) is 19.2. The molecule has 1 aliphatic rings. The van der Waals surface area contributed by atoms with Crippen molar-refractivity contribution in [1.29, 1.82) is 21.0 Å². The summed E-state index contributed by atoms with van der Waals surface area (Å²) in [6, 6.07) is 32.9. The minimum atomic E-state index is -2.08. The molecule has 0 aliphatic heterocycles. The number of esters is 2. The van der Waals surface area contributed by atoms with Gasteiger partial charge in [-0.3, -0.25) is 9.59 Å². The first-order valence-electron chi connectivity index (χ1n) is 19.7. The Labute approximate surface area is 387 Å². The first kappa shape index (κ1) is 43.7. The Morgan fingerprint density at radius 3 is 1.55 bits per heavy atom. The summed E-state index contributed by atoms with van der Waals surface area (Å²) in [5.41, 5.74) is -0.362. The number of hydrogen-bond donors (Lipinski definition) is 0. The first-order valence-corrected chi connectivity index (χ1v) is 23.8. The van der Waals surface area contributed by atoms with Gasteiger partial charge >= 0.3 is 11.9 Å². The van der Waals surface area contributed by atoms with E-state index >= 15 is 9.59 Å². The molecule has 0 N–H and O–H groups in total. The van der Waals surface area contributed by atoms with E-state index in [2.05, 4.69) is 9.98 Å². The molecule has 5 heterocycles. The Bertz CT molecular complexity index is 3060. The van der Waals surface area contributed by atoms with Crippen LogP contribution in [0.3, 0.4) is 0 Å². The minimum absolute atomic E-state index is 0.108. The van der Waals surface area contributed by atoms with Crippen LogP contribution >= 0.6 is 56.7 Å². The van der Waals surface area contributed by atoms with Gasteiger partial charge in [-0.15, -0.1) is 56.7 Å². The van der Waals surface area contributed by atoms with Crippen LogP contribution in [0.4, 0.5) is 10.0 Å². The zero-order valence-electron chi connectivity index (χ0n) is 34.0. The lowest BCUT2D eigenvalue weighted by molar-refractivity contribution is -0.164. The largest absolute Gasteiger partial charge is 0.492 e. The van der Waals surface area contributed by atoms with Gasteiger partial charge in [0.05, 0.1) is 42.3 Å². The molecule has 8 rings (SSSR count). The zero-order chi connectivity index (χ0) is 44.8. The average molecular weight is 937 g/mol. The molecule has 64 heavy (non-hydrogen) atoms. The number of fused-ring (bicyclic) bond motifs is 5. The van der Waals surface area contributed by atoms with Gasteiger partial charge in [-0.25, -0.2) is 9.98 Å². The molecule has 0 amide bonds. The van der Waals surface area contributed by atoms with Gasteiger partial charge in [0.15, 0.2) is 0 Å². The summed E-state index contributed by atoms with van der Waals surface area (Å²) in [4.78, 5) is 43.4. The molecule has 7 aromatic rings. The Kier molecular flexibility index (Phi) is 13.1. The van der Waals surface area contributed by atoms with Gasteiger partial charge in [0.25, 0.3) is 0 Å². The number of carbonyl (C=O) groups is 2. The number of hydrogen-bond acceptors (Lipinski definition) is 17. The van der Waals surface area contributed by atoms with E-state index < -0.39 is 17.4 Å². The van der Waals surface area contributed by atoms with Gasteiger partial charge < -0.3 is 18.9 Å². The molecule has 0 bridgehead atoms. The fourth-order valence-corrected chi connectivity index (χ4v) is 13.2. The summed E-state index contributed by atoms with van der Waals surface area (Å²) >= 11 is 6.70. The van der Waals surface area contributed by atoms with Crippen LogP contribution in [0.2, 0.25) is 0 Å². The highest BCUT2D eigenvalue weighted by atomic mass is 32.1. The van der Waals surface area contributed by atoms with E-state index in [1.165, 1.54) is 56.7 Å². The van der Waals surface area contributed by atoms with Crippen LogP contribution in [-0.2, 0) is 37.7 Å². The number of benzene rings is 2. The topological polar surface area (TPSA) is 191 Å². The third kappa shape index (κ3) is 8.31. The maximum absolute atomic E-state index is 15.3. The zero-order valence-corrected chi connectivity index (χ0v) is 38.1. The standard InChI is InChI=1S/C47H32N6O6S5/c1-3-15-56-32-18-37(52-29(21-48)22-49)63-41(32)34-17-31-40(60-34)44-39(43-36(62-44)20-35(61-43)42-33(57-16-4-2)19-38(64-42)53-30(23-50)24-51)47(31,45(54)58-25-27-11-7-5-8-12-27)46(55)59-26-28-13-9-6-10-14-28/h5-14,17-20H,3-4,15-16,25-26H2,1-2H3. The quantitative estimate of drug-likeness (QED) is 0.0512. The van der Waals surface area contributed by atoms with Gasteiger partial charge in [-0.2, -0.15) is 21.0 Å². The second kappa shape index (κ2) is 19.2. The van der Waals surface area contributed by atoms with Gasteiger partial charge in [-0.1, -0.05) is 74.5 Å². The van der Waals surface area contributed by atoms with Crippen molar-refractivity contribution >= 4 is 99.4 Å². The number of nitriles is 4. The fourth-order valence-electron chi connectivity index (χ4n) is 6.94. The normalized spacial score (nSPS) is 11.8. The number of rotatable bonds is 16. The van der Waals surface area contributed by atoms with E-state index in [9.17, 15) is 21.0 Å². The van der Waals surface area contributed by atoms with Gasteiger partial charge in [0.1, 0.15) is 59.0 Å². The Hall–Kier alpha value is -6.96. The average Bonchev–Trinajstić information content (AvgIpc) is 4.18. The molecule has 0 radical (unpaired) electrons. The predicted molar refractivity (Wildman–Crippen MR) is 251 cm³/mol. The molecule has 0 unspecified atom stereocenters. The van der Waals surface area contributed by atoms with Crippen molar-refractivity contribution in [3.63, 3.8) is 0 Å². The van der Waals surface area contributed by atoms with Crippen molar-refractivity contribution in [2.75, 3.05) is 13.2 Å². The van der Waals surface area contributed by atoms with Crippen LogP contribution < -0.4 is 9.47 Å². The number of aliphatic imine (C=N–C) groups is 2. The van der Waals surface area contributed by atoms with Crippen molar-refractivity contribution in [2.45, 2.75) is 45.3 Å². The fraction of sp³-hybridized carbons (Fsp3) is 0.191. The summed E-state index contributed by atoms with van der Waals surface area (Å²) in [7, 11) is 0. The molecule has 2 aromatic carbocycles. The smallest absolute Gasteiger partial charge is 0.333 e. The van der Waals surface area contributed by atoms with Crippen LogP contribution in [0.1, 0.15) is 48.9 Å². The van der Waals surface area contributed by atoms with Crippen molar-refractivity contribution in [3.8, 4) is 65.0 Å². The molecular weight excluding hydrogens is 905 g/mol. The molecular formula is C47H32N6O6S5. The van der Waals surface area contributed by atoms with Crippen LogP contribution in [0.5, 0.6) is 11.5 Å². The Morgan fingerprint density at radius 2 is 1.08 bits per heavy atom. The molecule has 0 spiro atoms. The number of carbonyl (C=O) groups excluding carboxylic acids is 2. The highest BCUT2D eigenvalue weighted by molar-refractivity contribution is 7.35. The number of thiophene rings is 5. The number of ether oxygens (including phenoxy) is 4. The molecule has 0 saturated heterocycles. The maximum atomic E-state index is 15.3. The Morgan fingerprint density at radius 1 is 0.594 bits per heavy atom. The maximum Gasteiger partial charge on any atom is 0.333 e. The van der Waals surface area contributed by atoms with Crippen molar-refractivity contribution in [1.82, 2.24) is 0 Å². The van der Waals surface area contributed by atoms with E-state index in [0.717, 1.165) is 32.0 Å². The lowest BCUT2D eigenvalue weighted by Crippen LogP contribution is -2.45. The minimum Gasteiger partial charge on any atom is -0.492 e. The highest BCUT2D eigenvalue weighted by Crippen LogP contribution is 2.63. The van der Waals surface area contributed by atoms with Crippen LogP contribution in [0.15, 0.2) is 94.9 Å². The molecule has 12 nitrogen and oxygen atoms in total. The summed E-state index contributed by atoms with van der Waals surface area (Å²) in [5.74, 6) is -0.594. The van der Waals surface area contributed by atoms with Crippen molar-refractivity contribution in [3.05, 3.63) is 107 Å². The first-order chi connectivity index (χ1) is 31.2. The van der Waals surface area contributed by atoms with Crippen molar-refractivity contribution < 1.29 is 28.5 Å². The lowest BCUT2D eigenvalue weighted by Gasteiger charge is -2.26. The third-order valence-corrected chi connectivity index (χ3v) is 15.8. The molecule has 0 saturated carbocycles. The summed E-state index contributed by atoms with van der Waals surface area (Å²) in [5, 5.41) is 38.6. The Balaban J connectivity index is 1.34. The highest BCUT2D eigenvalue weighted by Gasteiger charge is 2.61. The SMILES string of the molecule is CCCOc1cc(N=C(C#N)C#N)sc1-c1cc2c(s1)-c1sc3cc(-c4sc(N=C(C#N)C#N)cc4OCCC)sc3c1C2(C(=O)OCc1ccccc1)C(=O)OCc1ccccc1. The molecule has 0 atom stereocenters. The molecule has 17 heteroatoms. The van der Waals surface area contributed by atoms with Gasteiger partial charge in [-0.05, 0) is 36.1 Å². The van der Waals surface area contributed by atoms with Crippen LogP contribution in [0.25, 0.3) is 38.7 Å².